The van der Waals surface area contributed by atoms with E-state index in [2.05, 4.69) is 41.6 Å². The average Bonchev–Trinajstić information content (AvgIpc) is 3.09. The number of amides is 1. The van der Waals surface area contributed by atoms with E-state index in [4.69, 9.17) is 4.74 Å². The first kappa shape index (κ1) is 17.7. The van der Waals surface area contributed by atoms with Crippen molar-refractivity contribution in [2.75, 3.05) is 12.4 Å². The van der Waals surface area contributed by atoms with E-state index < -0.39 is 0 Å². The smallest absolute Gasteiger partial charge is 0.229 e. The van der Waals surface area contributed by atoms with Gasteiger partial charge in [-0.3, -0.25) is 4.79 Å². The molecule has 1 N–H and O–H groups in total. The van der Waals surface area contributed by atoms with Gasteiger partial charge in [0.2, 0.25) is 5.91 Å². The highest BCUT2D eigenvalue weighted by Crippen LogP contribution is 2.14. The minimum atomic E-state index is -0.0711. The zero-order valence-corrected chi connectivity index (χ0v) is 15.1. The lowest BCUT2D eigenvalue weighted by Crippen LogP contribution is -2.18. The Morgan fingerprint density at radius 1 is 1.00 bits per heavy atom. The van der Waals surface area contributed by atoms with Gasteiger partial charge in [0.25, 0.3) is 0 Å². The molecule has 0 aliphatic rings. The summed E-state index contributed by atoms with van der Waals surface area (Å²) in [6.07, 6.45) is 3.03. The average molecular weight is 349 g/mol. The molecule has 3 aromatic rings. The molecule has 1 aromatic heterocycles. The van der Waals surface area contributed by atoms with Crippen molar-refractivity contribution in [2.45, 2.75) is 26.3 Å². The molecule has 0 fully saturated rings. The molecule has 0 aliphatic heterocycles. The Kier molecular flexibility index (Phi) is 5.69. The summed E-state index contributed by atoms with van der Waals surface area (Å²) in [5.74, 6) is 1.41. The maximum absolute atomic E-state index is 12.3. The zero-order valence-electron chi connectivity index (χ0n) is 15.1. The van der Waals surface area contributed by atoms with Gasteiger partial charge in [-0.05, 0) is 35.2 Å². The first-order valence-electron chi connectivity index (χ1n) is 8.70. The number of benzene rings is 2. The number of nitrogens with zero attached hydrogens (tertiary/aromatic N) is 2. The summed E-state index contributed by atoms with van der Waals surface area (Å²) in [6, 6.07) is 17.8. The van der Waals surface area contributed by atoms with Crippen molar-refractivity contribution in [3.05, 3.63) is 77.5 Å². The quantitative estimate of drug-likeness (QED) is 0.708. The van der Waals surface area contributed by atoms with Crippen molar-refractivity contribution < 1.29 is 9.53 Å². The van der Waals surface area contributed by atoms with Crippen LogP contribution in [0.15, 0.2) is 60.8 Å². The number of carbonyl (C=O) groups excluding carboxylic acids is 1. The highest BCUT2D eigenvalue weighted by molar-refractivity contribution is 5.91. The molecule has 0 saturated carbocycles. The molecule has 134 valence electrons. The van der Waals surface area contributed by atoms with Gasteiger partial charge in [-0.1, -0.05) is 43.3 Å². The van der Waals surface area contributed by atoms with Crippen LogP contribution in [-0.2, 0) is 24.2 Å². The van der Waals surface area contributed by atoms with Crippen LogP contribution in [0.4, 0.5) is 5.82 Å². The molecular weight excluding hydrogens is 326 g/mol. The highest BCUT2D eigenvalue weighted by atomic mass is 16.5. The van der Waals surface area contributed by atoms with Crippen LogP contribution in [0.5, 0.6) is 5.75 Å². The number of hydrogen-bond donors (Lipinski definition) is 1. The third-order valence-electron chi connectivity index (χ3n) is 4.27. The molecule has 5 heteroatoms. The number of anilines is 1. The minimum absolute atomic E-state index is 0.0711. The molecule has 0 aliphatic carbocycles. The van der Waals surface area contributed by atoms with Crippen molar-refractivity contribution in [3.63, 3.8) is 0 Å². The van der Waals surface area contributed by atoms with Gasteiger partial charge >= 0.3 is 0 Å². The predicted molar refractivity (Wildman–Crippen MR) is 102 cm³/mol. The normalized spacial score (nSPS) is 10.5. The number of rotatable bonds is 7. The molecule has 5 nitrogen and oxygen atoms in total. The first-order chi connectivity index (χ1) is 12.7. The molecule has 3 rings (SSSR count). The second-order valence-electron chi connectivity index (χ2n) is 6.12. The molecule has 2 aromatic carbocycles. The monoisotopic (exact) mass is 349 g/mol. The maximum Gasteiger partial charge on any atom is 0.229 e. The van der Waals surface area contributed by atoms with E-state index in [1.807, 2.05) is 30.3 Å². The lowest BCUT2D eigenvalue weighted by atomic mass is 10.1. The Morgan fingerprint density at radius 3 is 2.31 bits per heavy atom. The molecule has 1 amide bonds. The molecule has 0 saturated heterocycles. The Hall–Kier alpha value is -3.08. The van der Waals surface area contributed by atoms with Crippen LogP contribution in [0.3, 0.4) is 0 Å². The molecule has 0 unspecified atom stereocenters. The highest BCUT2D eigenvalue weighted by Gasteiger charge is 2.09. The van der Waals surface area contributed by atoms with Crippen LogP contribution in [0, 0.1) is 0 Å². The van der Waals surface area contributed by atoms with E-state index in [1.54, 1.807) is 18.0 Å². The summed E-state index contributed by atoms with van der Waals surface area (Å²) < 4.78 is 6.93. The maximum atomic E-state index is 12.3. The van der Waals surface area contributed by atoms with Gasteiger partial charge in [-0.15, -0.1) is 0 Å². The number of carbonyl (C=O) groups is 1. The fraction of sp³-hybridized carbons (Fsp3) is 0.238. The largest absolute Gasteiger partial charge is 0.497 e. The fourth-order valence-corrected chi connectivity index (χ4v) is 2.73. The molecule has 1 heterocycles. The molecule has 0 spiro atoms. The van der Waals surface area contributed by atoms with Gasteiger partial charge in [0.05, 0.1) is 26.3 Å². The van der Waals surface area contributed by atoms with Gasteiger partial charge < -0.3 is 10.1 Å². The van der Waals surface area contributed by atoms with Gasteiger partial charge in [0.15, 0.2) is 0 Å². The molecule has 0 atom stereocenters. The van der Waals surface area contributed by atoms with Crippen LogP contribution in [-0.4, -0.2) is 22.8 Å². The van der Waals surface area contributed by atoms with E-state index in [-0.39, 0.29) is 5.91 Å². The van der Waals surface area contributed by atoms with E-state index in [0.29, 0.717) is 18.8 Å². The van der Waals surface area contributed by atoms with Crippen molar-refractivity contribution >= 4 is 11.7 Å². The standard InChI is InChI=1S/C21H23N3O2/c1-3-16-4-6-18(7-5-16)15-24-20(12-13-22-24)23-21(25)14-17-8-10-19(26-2)11-9-17/h4-13H,3,14-15H2,1-2H3,(H,23,25). The van der Waals surface area contributed by atoms with Crippen molar-refractivity contribution in [3.8, 4) is 5.75 Å². The van der Waals surface area contributed by atoms with Crippen molar-refractivity contribution in [2.24, 2.45) is 0 Å². The fourth-order valence-electron chi connectivity index (χ4n) is 2.73. The molecule has 26 heavy (non-hydrogen) atoms. The lowest BCUT2D eigenvalue weighted by Gasteiger charge is -2.10. The second-order valence-corrected chi connectivity index (χ2v) is 6.12. The van der Waals surface area contributed by atoms with Crippen LogP contribution in [0.2, 0.25) is 0 Å². The third kappa shape index (κ3) is 4.51. The van der Waals surface area contributed by atoms with Gasteiger partial charge in [-0.2, -0.15) is 5.10 Å². The summed E-state index contributed by atoms with van der Waals surface area (Å²) in [5, 5.41) is 7.26. The number of hydrogen-bond acceptors (Lipinski definition) is 3. The summed E-state index contributed by atoms with van der Waals surface area (Å²) in [6.45, 7) is 2.76. The van der Waals surface area contributed by atoms with Gasteiger partial charge in [-0.25, -0.2) is 4.68 Å². The van der Waals surface area contributed by atoms with E-state index >= 15 is 0 Å². The number of aryl methyl sites for hydroxylation is 1. The van der Waals surface area contributed by atoms with E-state index in [9.17, 15) is 4.79 Å². The second kappa shape index (κ2) is 8.34. The Morgan fingerprint density at radius 2 is 1.65 bits per heavy atom. The third-order valence-corrected chi connectivity index (χ3v) is 4.27. The molecule has 0 bridgehead atoms. The van der Waals surface area contributed by atoms with E-state index in [0.717, 1.165) is 23.3 Å². The van der Waals surface area contributed by atoms with Crippen LogP contribution < -0.4 is 10.1 Å². The van der Waals surface area contributed by atoms with Crippen LogP contribution in [0.25, 0.3) is 0 Å². The lowest BCUT2D eigenvalue weighted by molar-refractivity contribution is -0.115. The van der Waals surface area contributed by atoms with Crippen molar-refractivity contribution in [1.29, 1.82) is 0 Å². The summed E-state index contributed by atoms with van der Waals surface area (Å²) in [5.41, 5.74) is 3.39. The molecule has 0 radical (unpaired) electrons. The Labute approximate surface area is 153 Å². The minimum Gasteiger partial charge on any atom is -0.497 e. The first-order valence-corrected chi connectivity index (χ1v) is 8.70. The predicted octanol–water partition coefficient (Wildman–Crippen LogP) is 3.68. The number of nitrogens with one attached hydrogen (secondary N) is 1. The summed E-state index contributed by atoms with van der Waals surface area (Å²) in [7, 11) is 1.62. The van der Waals surface area contributed by atoms with Gasteiger partial charge in [0, 0.05) is 6.07 Å². The SMILES string of the molecule is CCc1ccc(Cn2nccc2NC(=O)Cc2ccc(OC)cc2)cc1. The van der Waals surface area contributed by atoms with Crippen LogP contribution >= 0.6 is 0 Å². The van der Waals surface area contributed by atoms with E-state index in [1.165, 1.54) is 5.56 Å². The van der Waals surface area contributed by atoms with Crippen LogP contribution in [0.1, 0.15) is 23.6 Å². The number of aromatic nitrogens is 2. The Balaban J connectivity index is 1.62. The van der Waals surface area contributed by atoms with Crippen molar-refractivity contribution in [1.82, 2.24) is 9.78 Å². The number of methoxy groups -OCH3 is 1. The topological polar surface area (TPSA) is 56.2 Å². The number of ether oxygens (including phenoxy) is 1. The zero-order chi connectivity index (χ0) is 18.4. The Bertz CT molecular complexity index is 852. The molecular formula is C21H23N3O2. The van der Waals surface area contributed by atoms with Gasteiger partial charge in [0.1, 0.15) is 11.6 Å². The summed E-state index contributed by atoms with van der Waals surface area (Å²) in [4.78, 5) is 12.3. The summed E-state index contributed by atoms with van der Waals surface area (Å²) >= 11 is 0.